The molecule has 4 nitrogen and oxygen atoms in total. The maximum absolute atomic E-state index is 14.7. The van der Waals surface area contributed by atoms with Crippen molar-refractivity contribution in [3.05, 3.63) is 101 Å². The predicted molar refractivity (Wildman–Crippen MR) is 123 cm³/mol. The van der Waals surface area contributed by atoms with Gasteiger partial charge in [0.15, 0.2) is 0 Å². The van der Waals surface area contributed by atoms with Crippen molar-refractivity contribution in [3.63, 3.8) is 0 Å². The zero-order valence-corrected chi connectivity index (χ0v) is 18.1. The number of anilines is 2. The average molecular weight is 431 g/mol. The first-order chi connectivity index (χ1) is 15.5. The third-order valence-corrected chi connectivity index (χ3v) is 5.84. The molecule has 0 fully saturated rings. The second-order valence-corrected chi connectivity index (χ2v) is 8.37. The molecular formula is C26H24F2N4. The summed E-state index contributed by atoms with van der Waals surface area (Å²) < 4.78 is 30.1. The Hall–Kier alpha value is -3.51. The Labute approximate surface area is 186 Å². The molecule has 0 radical (unpaired) electrons. The van der Waals surface area contributed by atoms with E-state index in [-0.39, 0.29) is 11.6 Å². The van der Waals surface area contributed by atoms with Crippen LogP contribution in [0.1, 0.15) is 22.4 Å². The number of hydrogen-bond donors (Lipinski definition) is 1. The van der Waals surface area contributed by atoms with E-state index >= 15 is 0 Å². The molecule has 0 spiro atoms. The maximum atomic E-state index is 14.7. The third-order valence-electron chi connectivity index (χ3n) is 5.84. The van der Waals surface area contributed by atoms with E-state index in [4.69, 9.17) is 5.10 Å². The van der Waals surface area contributed by atoms with Crippen LogP contribution in [0.15, 0.2) is 66.7 Å². The number of nitrogens with one attached hydrogen (secondary N) is 1. The molecule has 162 valence electrons. The van der Waals surface area contributed by atoms with E-state index in [0.29, 0.717) is 12.1 Å². The number of rotatable bonds is 5. The molecule has 2 heterocycles. The van der Waals surface area contributed by atoms with E-state index in [2.05, 4.69) is 10.2 Å². The van der Waals surface area contributed by atoms with Gasteiger partial charge < -0.3 is 5.32 Å². The lowest BCUT2D eigenvalue weighted by Gasteiger charge is -2.14. The van der Waals surface area contributed by atoms with Gasteiger partial charge in [0.2, 0.25) is 0 Å². The molecule has 4 aromatic rings. The fourth-order valence-corrected chi connectivity index (χ4v) is 4.34. The summed E-state index contributed by atoms with van der Waals surface area (Å²) in [7, 11) is 2.05. The van der Waals surface area contributed by atoms with E-state index in [9.17, 15) is 8.78 Å². The number of benzene rings is 3. The number of hydrogen-bond acceptors (Lipinski definition) is 3. The molecule has 0 unspecified atom stereocenters. The summed E-state index contributed by atoms with van der Waals surface area (Å²) in [4.78, 5) is 2.18. The van der Waals surface area contributed by atoms with Gasteiger partial charge in [-0.1, -0.05) is 24.3 Å². The standard InChI is InChI=1S/C26H24F2N4/c1-17-12-19(27)10-11-24(17)29-20-7-5-6-18(13-20)14-32-26(21-8-3-4-9-23(21)28)22-15-31(2)16-25(22)30-32/h3-13,29H,14-16H2,1-2H3. The van der Waals surface area contributed by atoms with Crippen LogP contribution >= 0.6 is 0 Å². The van der Waals surface area contributed by atoms with E-state index in [1.165, 1.54) is 18.2 Å². The highest BCUT2D eigenvalue weighted by Crippen LogP contribution is 2.34. The summed E-state index contributed by atoms with van der Waals surface area (Å²) in [5.74, 6) is -0.493. The van der Waals surface area contributed by atoms with Gasteiger partial charge in [-0.2, -0.15) is 5.10 Å². The van der Waals surface area contributed by atoms with Crippen LogP contribution in [0.25, 0.3) is 11.3 Å². The highest BCUT2D eigenvalue weighted by Gasteiger charge is 2.27. The molecular weight excluding hydrogens is 406 g/mol. The normalized spacial score (nSPS) is 13.4. The molecule has 1 aliphatic heterocycles. The molecule has 1 N–H and O–H groups in total. The van der Waals surface area contributed by atoms with Gasteiger partial charge in [0, 0.05) is 35.6 Å². The van der Waals surface area contributed by atoms with Crippen LogP contribution in [-0.2, 0) is 19.6 Å². The molecule has 0 amide bonds. The Morgan fingerprint density at radius 3 is 2.62 bits per heavy atom. The second-order valence-electron chi connectivity index (χ2n) is 8.37. The average Bonchev–Trinajstić information content (AvgIpc) is 3.26. The first-order valence-corrected chi connectivity index (χ1v) is 10.6. The van der Waals surface area contributed by atoms with Crippen molar-refractivity contribution in [2.24, 2.45) is 0 Å². The summed E-state index contributed by atoms with van der Waals surface area (Å²) in [6.45, 7) is 3.91. The molecule has 0 aliphatic carbocycles. The molecule has 6 heteroatoms. The summed E-state index contributed by atoms with van der Waals surface area (Å²) in [5.41, 5.74) is 7.16. The van der Waals surface area contributed by atoms with Crippen LogP contribution in [0.5, 0.6) is 0 Å². The number of aryl methyl sites for hydroxylation is 1. The Morgan fingerprint density at radius 2 is 1.81 bits per heavy atom. The zero-order valence-electron chi connectivity index (χ0n) is 18.1. The minimum atomic E-state index is -0.250. The number of fused-ring (bicyclic) bond motifs is 1. The minimum Gasteiger partial charge on any atom is -0.355 e. The monoisotopic (exact) mass is 430 g/mol. The SMILES string of the molecule is Cc1cc(F)ccc1Nc1cccc(Cn2nc3c(c2-c2ccccc2F)CN(C)C3)c1. The fourth-order valence-electron chi connectivity index (χ4n) is 4.34. The van der Waals surface area contributed by atoms with Crippen molar-refractivity contribution in [2.45, 2.75) is 26.6 Å². The van der Waals surface area contributed by atoms with Gasteiger partial charge in [-0.25, -0.2) is 8.78 Å². The number of nitrogens with zero attached hydrogens (tertiary/aromatic N) is 3. The van der Waals surface area contributed by atoms with Crippen LogP contribution < -0.4 is 5.32 Å². The number of halogens is 2. The molecule has 0 saturated heterocycles. The first-order valence-electron chi connectivity index (χ1n) is 10.6. The smallest absolute Gasteiger partial charge is 0.132 e. The molecule has 0 atom stereocenters. The molecule has 0 bridgehead atoms. The lowest BCUT2D eigenvalue weighted by atomic mass is 10.1. The lowest BCUT2D eigenvalue weighted by molar-refractivity contribution is 0.346. The molecule has 0 saturated carbocycles. The van der Waals surface area contributed by atoms with Crippen LogP contribution in [0.3, 0.4) is 0 Å². The topological polar surface area (TPSA) is 33.1 Å². The molecule has 5 rings (SSSR count). The van der Waals surface area contributed by atoms with Crippen molar-refractivity contribution >= 4 is 11.4 Å². The van der Waals surface area contributed by atoms with E-state index in [0.717, 1.165) is 52.5 Å². The second kappa shape index (κ2) is 8.20. The molecule has 1 aliphatic rings. The fraction of sp³-hybridized carbons (Fsp3) is 0.192. The largest absolute Gasteiger partial charge is 0.355 e. The van der Waals surface area contributed by atoms with Gasteiger partial charge in [-0.05, 0) is 67.6 Å². The minimum absolute atomic E-state index is 0.242. The summed E-state index contributed by atoms with van der Waals surface area (Å²) >= 11 is 0. The molecule has 32 heavy (non-hydrogen) atoms. The van der Waals surface area contributed by atoms with Gasteiger partial charge in [0.25, 0.3) is 0 Å². The highest BCUT2D eigenvalue weighted by molar-refractivity contribution is 5.67. The van der Waals surface area contributed by atoms with Crippen LogP contribution in [0, 0.1) is 18.6 Å². The quantitative estimate of drug-likeness (QED) is 0.430. The van der Waals surface area contributed by atoms with Crippen LogP contribution in [-0.4, -0.2) is 21.7 Å². The molecule has 1 aromatic heterocycles. The third kappa shape index (κ3) is 3.89. The molecule has 3 aromatic carbocycles. The van der Waals surface area contributed by atoms with Gasteiger partial charge >= 0.3 is 0 Å². The van der Waals surface area contributed by atoms with E-state index < -0.39 is 0 Å². The van der Waals surface area contributed by atoms with Crippen LogP contribution in [0.4, 0.5) is 20.2 Å². The van der Waals surface area contributed by atoms with Crippen molar-refractivity contribution in [1.82, 2.24) is 14.7 Å². The summed E-state index contributed by atoms with van der Waals surface area (Å²) in [6, 6.07) is 19.6. The van der Waals surface area contributed by atoms with Crippen molar-refractivity contribution in [2.75, 3.05) is 12.4 Å². The predicted octanol–water partition coefficient (Wildman–Crippen LogP) is 5.87. The van der Waals surface area contributed by atoms with Gasteiger partial charge in [-0.15, -0.1) is 0 Å². The van der Waals surface area contributed by atoms with Gasteiger partial charge in [-0.3, -0.25) is 9.58 Å². The summed E-state index contributed by atoms with van der Waals surface area (Å²) in [5, 5.41) is 8.20. The van der Waals surface area contributed by atoms with E-state index in [1.807, 2.05) is 55.1 Å². The van der Waals surface area contributed by atoms with Gasteiger partial charge in [0.05, 0.1) is 17.9 Å². The zero-order chi connectivity index (χ0) is 22.2. The Morgan fingerprint density at radius 1 is 0.969 bits per heavy atom. The highest BCUT2D eigenvalue weighted by atomic mass is 19.1. The van der Waals surface area contributed by atoms with Gasteiger partial charge in [0.1, 0.15) is 11.6 Å². The first kappa shape index (κ1) is 20.4. The lowest BCUT2D eigenvalue weighted by Crippen LogP contribution is -2.13. The van der Waals surface area contributed by atoms with Crippen molar-refractivity contribution < 1.29 is 8.78 Å². The Kier molecular flexibility index (Phi) is 5.23. The van der Waals surface area contributed by atoms with Crippen molar-refractivity contribution in [3.8, 4) is 11.3 Å². The van der Waals surface area contributed by atoms with Crippen LogP contribution in [0.2, 0.25) is 0 Å². The van der Waals surface area contributed by atoms with E-state index in [1.54, 1.807) is 12.1 Å². The number of aromatic nitrogens is 2. The van der Waals surface area contributed by atoms with Crippen molar-refractivity contribution in [1.29, 1.82) is 0 Å². The summed E-state index contributed by atoms with van der Waals surface area (Å²) in [6.07, 6.45) is 0. The Bertz CT molecular complexity index is 1290. The Balaban J connectivity index is 1.48. The maximum Gasteiger partial charge on any atom is 0.132 e.